The van der Waals surface area contributed by atoms with E-state index < -0.39 is 0 Å². The molecular formula is C24H46. The van der Waals surface area contributed by atoms with Crippen LogP contribution in [0.1, 0.15) is 119 Å². The molecule has 0 saturated heterocycles. The lowest BCUT2D eigenvalue weighted by Crippen LogP contribution is -2.08. The normalized spacial score (nSPS) is 14.7. The van der Waals surface area contributed by atoms with E-state index in [0.717, 1.165) is 12.8 Å². The number of hydrogen-bond donors (Lipinski definition) is 0. The molecule has 142 valence electrons. The highest BCUT2D eigenvalue weighted by Crippen LogP contribution is 2.24. The van der Waals surface area contributed by atoms with Crippen molar-refractivity contribution in [3.8, 4) is 0 Å². The van der Waals surface area contributed by atoms with Crippen molar-refractivity contribution in [1.82, 2.24) is 0 Å². The van der Waals surface area contributed by atoms with Crippen molar-refractivity contribution in [3.05, 3.63) is 25.3 Å². The third kappa shape index (κ3) is 16.3. The molecule has 0 saturated carbocycles. The van der Waals surface area contributed by atoms with Crippen molar-refractivity contribution >= 4 is 0 Å². The molecule has 0 nitrogen and oxygen atoms in total. The molecule has 0 aliphatic rings. The molecule has 0 N–H and O–H groups in total. The van der Waals surface area contributed by atoms with Gasteiger partial charge in [-0.2, -0.15) is 0 Å². The SMILES string of the molecule is [2H]CC(CCCCCCCCC=C)C(C[2H])CCCCCCCCC=C. The number of rotatable bonds is 19. The van der Waals surface area contributed by atoms with Gasteiger partial charge in [-0.1, -0.05) is 103 Å². The zero-order valence-electron chi connectivity index (χ0n) is 18.5. The minimum Gasteiger partial charge on any atom is -0.103 e. The van der Waals surface area contributed by atoms with Gasteiger partial charge in [0, 0.05) is 2.74 Å². The number of unbranched alkanes of at least 4 members (excludes halogenated alkanes) is 12. The molecule has 0 radical (unpaired) electrons. The second-order valence-electron chi connectivity index (χ2n) is 7.49. The van der Waals surface area contributed by atoms with Crippen LogP contribution in [0.4, 0.5) is 0 Å². The monoisotopic (exact) mass is 336 g/mol. The topological polar surface area (TPSA) is 0 Å². The number of allylic oxidation sites excluding steroid dienone is 2. The van der Waals surface area contributed by atoms with Gasteiger partial charge in [-0.05, 0) is 37.5 Å². The van der Waals surface area contributed by atoms with Gasteiger partial charge >= 0.3 is 0 Å². The molecule has 0 aromatic carbocycles. The first kappa shape index (κ1) is 19.8. The fraction of sp³-hybridized carbons (Fsp3) is 0.833. The summed E-state index contributed by atoms with van der Waals surface area (Å²) in [5, 5.41) is 0. The lowest BCUT2D eigenvalue weighted by atomic mass is 9.86. The van der Waals surface area contributed by atoms with Gasteiger partial charge in [0.15, 0.2) is 0 Å². The predicted octanol–water partition coefficient (Wildman–Crippen LogP) is 8.87. The molecule has 0 fully saturated rings. The van der Waals surface area contributed by atoms with Crippen LogP contribution in [0.15, 0.2) is 25.3 Å². The van der Waals surface area contributed by atoms with E-state index in [1.165, 1.54) is 89.9 Å². The van der Waals surface area contributed by atoms with E-state index in [0.29, 0.717) is 25.6 Å². The molecule has 0 rings (SSSR count). The van der Waals surface area contributed by atoms with E-state index in [-0.39, 0.29) is 0 Å². The summed E-state index contributed by atoms with van der Waals surface area (Å²) in [7, 11) is 0. The number of hydrogen-bond acceptors (Lipinski definition) is 0. The molecule has 0 aliphatic carbocycles. The Morgan fingerprint density at radius 2 is 0.917 bits per heavy atom. The molecule has 24 heavy (non-hydrogen) atoms. The van der Waals surface area contributed by atoms with Crippen LogP contribution in [0.25, 0.3) is 0 Å². The molecule has 0 heterocycles. The van der Waals surface area contributed by atoms with Gasteiger partial charge < -0.3 is 0 Å². The second kappa shape index (κ2) is 18.8. The van der Waals surface area contributed by atoms with Crippen LogP contribution >= 0.6 is 0 Å². The Hall–Kier alpha value is -0.520. The molecule has 0 heteroatoms. The smallest absolute Gasteiger partial charge is 0.0233 e. The van der Waals surface area contributed by atoms with E-state index in [2.05, 4.69) is 13.2 Å². The van der Waals surface area contributed by atoms with Gasteiger partial charge in [0.2, 0.25) is 0 Å². The van der Waals surface area contributed by atoms with Crippen LogP contribution in [0.5, 0.6) is 0 Å². The highest BCUT2D eigenvalue weighted by atomic mass is 14.2. The molecule has 0 bridgehead atoms. The summed E-state index contributed by atoms with van der Waals surface area (Å²) in [5.41, 5.74) is 0. The molecule has 0 aliphatic heterocycles. The van der Waals surface area contributed by atoms with Gasteiger partial charge in [-0.25, -0.2) is 0 Å². The maximum absolute atomic E-state index is 7.90. The lowest BCUT2D eigenvalue weighted by Gasteiger charge is -2.19. The summed E-state index contributed by atoms with van der Waals surface area (Å²) in [5.74, 6) is 0.918. The van der Waals surface area contributed by atoms with E-state index in [1.807, 2.05) is 12.2 Å². The lowest BCUT2D eigenvalue weighted by molar-refractivity contribution is 0.322. The standard InChI is InChI=1S/C24H46/c1-5-7-9-11-13-15-17-19-21-23(3)24(4)22-20-18-16-14-12-10-8-6-2/h5-6,23-24H,1-2,7-22H2,3-4H3/i3D,4D. The van der Waals surface area contributed by atoms with Crippen LogP contribution in [0.2, 0.25) is 0 Å². The van der Waals surface area contributed by atoms with Crippen molar-refractivity contribution in [2.75, 3.05) is 0 Å². The average Bonchev–Trinajstić information content (AvgIpc) is 2.66. The third-order valence-electron chi connectivity index (χ3n) is 5.13. The predicted molar refractivity (Wildman–Crippen MR) is 113 cm³/mol. The van der Waals surface area contributed by atoms with Gasteiger partial charge in [0.1, 0.15) is 0 Å². The van der Waals surface area contributed by atoms with Crippen molar-refractivity contribution < 1.29 is 2.74 Å². The van der Waals surface area contributed by atoms with E-state index in [1.54, 1.807) is 0 Å². The Labute approximate surface area is 157 Å². The zero-order chi connectivity index (χ0) is 19.3. The summed E-state index contributed by atoms with van der Waals surface area (Å²) < 4.78 is 15.8. The summed E-state index contributed by atoms with van der Waals surface area (Å²) in [6.45, 7) is 8.58. The zero-order valence-corrected chi connectivity index (χ0v) is 16.5. The van der Waals surface area contributed by atoms with E-state index in [9.17, 15) is 0 Å². The molecule has 0 amide bonds. The fourth-order valence-corrected chi connectivity index (χ4v) is 3.28. The molecule has 2 unspecified atom stereocenters. The van der Waals surface area contributed by atoms with E-state index in [4.69, 9.17) is 2.74 Å². The minimum absolute atomic E-state index is 0.459. The quantitative estimate of drug-likeness (QED) is 0.163. The van der Waals surface area contributed by atoms with Gasteiger partial charge in [0.25, 0.3) is 0 Å². The van der Waals surface area contributed by atoms with Crippen LogP contribution < -0.4 is 0 Å². The average molecular weight is 337 g/mol. The summed E-state index contributed by atoms with van der Waals surface area (Å²) in [6, 6.07) is 0. The summed E-state index contributed by atoms with van der Waals surface area (Å²) in [6.07, 6.45) is 24.4. The Bertz CT molecular complexity index is 271. The Kier molecular flexibility index (Phi) is 15.5. The van der Waals surface area contributed by atoms with E-state index >= 15 is 0 Å². The fourth-order valence-electron chi connectivity index (χ4n) is 3.28. The van der Waals surface area contributed by atoms with Crippen molar-refractivity contribution in [2.45, 2.75) is 117 Å². The largest absolute Gasteiger partial charge is 0.103 e. The summed E-state index contributed by atoms with van der Waals surface area (Å²) >= 11 is 0. The van der Waals surface area contributed by atoms with Crippen LogP contribution in [-0.2, 0) is 0 Å². The van der Waals surface area contributed by atoms with Crippen LogP contribution in [0, 0.1) is 11.8 Å². The highest BCUT2D eigenvalue weighted by Gasteiger charge is 2.11. The Balaban J connectivity index is 3.70. The first-order chi connectivity index (χ1) is 12.8. The van der Waals surface area contributed by atoms with Crippen LogP contribution in [0.3, 0.4) is 0 Å². The highest BCUT2D eigenvalue weighted by molar-refractivity contribution is 4.66. The van der Waals surface area contributed by atoms with Crippen LogP contribution in [-0.4, -0.2) is 0 Å². The van der Waals surface area contributed by atoms with Gasteiger partial charge in [-0.15, -0.1) is 13.2 Å². The maximum Gasteiger partial charge on any atom is 0.0233 e. The Morgan fingerprint density at radius 1 is 0.583 bits per heavy atom. The first-order valence-corrected chi connectivity index (χ1v) is 10.6. The first-order valence-electron chi connectivity index (χ1n) is 12.0. The Morgan fingerprint density at radius 3 is 1.25 bits per heavy atom. The van der Waals surface area contributed by atoms with Gasteiger partial charge in [0.05, 0.1) is 0 Å². The van der Waals surface area contributed by atoms with Crippen molar-refractivity contribution in [2.24, 2.45) is 11.8 Å². The molecule has 0 spiro atoms. The summed E-state index contributed by atoms with van der Waals surface area (Å²) in [4.78, 5) is 0. The molecular weight excluding hydrogens is 288 g/mol. The maximum atomic E-state index is 7.90. The van der Waals surface area contributed by atoms with Crippen molar-refractivity contribution in [1.29, 1.82) is 0 Å². The minimum atomic E-state index is 0.459. The molecule has 0 aromatic heterocycles. The molecule has 2 atom stereocenters. The van der Waals surface area contributed by atoms with Crippen molar-refractivity contribution in [3.63, 3.8) is 0 Å². The third-order valence-corrected chi connectivity index (χ3v) is 5.13. The van der Waals surface area contributed by atoms with Gasteiger partial charge in [-0.3, -0.25) is 0 Å². The molecule has 0 aromatic rings. The second-order valence-corrected chi connectivity index (χ2v) is 7.49.